The van der Waals surface area contributed by atoms with Crippen LogP contribution < -0.4 is 10.9 Å². The second-order valence-electron chi connectivity index (χ2n) is 5.29. The normalized spacial score (nSPS) is 12.2. The number of aryl methyl sites for hydroxylation is 1. The van der Waals surface area contributed by atoms with E-state index < -0.39 is 17.5 Å². The summed E-state index contributed by atoms with van der Waals surface area (Å²) in [4.78, 5) is 31.5. The number of ether oxygens (including phenoxy) is 1. The van der Waals surface area contributed by atoms with Crippen molar-refractivity contribution in [2.24, 2.45) is 7.05 Å². The van der Waals surface area contributed by atoms with Crippen molar-refractivity contribution in [2.75, 3.05) is 13.7 Å². The Morgan fingerprint density at radius 3 is 2.88 bits per heavy atom. The van der Waals surface area contributed by atoms with Gasteiger partial charge in [0.05, 0.1) is 29.4 Å². The van der Waals surface area contributed by atoms with E-state index in [1.54, 1.807) is 48.3 Å². The van der Waals surface area contributed by atoms with Crippen LogP contribution in [0.5, 0.6) is 0 Å². The molecular weight excluding hydrogens is 310 g/mol. The quantitative estimate of drug-likeness (QED) is 0.721. The molecule has 0 saturated heterocycles. The van der Waals surface area contributed by atoms with Gasteiger partial charge in [0.1, 0.15) is 0 Å². The van der Waals surface area contributed by atoms with Crippen LogP contribution in [0.3, 0.4) is 0 Å². The standard InChI is InChI=1S/C16H17N5O3/c1-21-13(7-8-17-21)12(9-24-2)20-16(23)14-15(22)19-11-6-4-3-5-10(11)18-14/h3-8,12H,9H2,1-2H3,(H,19,22)(H,20,23). The molecule has 1 amide bonds. The fourth-order valence-corrected chi connectivity index (χ4v) is 2.50. The van der Waals surface area contributed by atoms with Crippen molar-refractivity contribution in [1.82, 2.24) is 25.1 Å². The average Bonchev–Trinajstić information content (AvgIpc) is 2.99. The summed E-state index contributed by atoms with van der Waals surface area (Å²) in [7, 11) is 3.31. The zero-order valence-electron chi connectivity index (χ0n) is 13.3. The maximum Gasteiger partial charge on any atom is 0.280 e. The highest BCUT2D eigenvalue weighted by atomic mass is 16.5. The minimum Gasteiger partial charge on any atom is -0.382 e. The number of methoxy groups -OCH3 is 1. The van der Waals surface area contributed by atoms with E-state index in [2.05, 4.69) is 20.4 Å². The van der Waals surface area contributed by atoms with E-state index in [1.807, 2.05) is 0 Å². The van der Waals surface area contributed by atoms with Crippen LogP contribution in [0, 0.1) is 0 Å². The number of carbonyl (C=O) groups excluding carboxylic acids is 1. The lowest BCUT2D eigenvalue weighted by Gasteiger charge is -2.17. The molecule has 3 rings (SSSR count). The van der Waals surface area contributed by atoms with Crippen molar-refractivity contribution in [2.45, 2.75) is 6.04 Å². The molecule has 3 aromatic rings. The first-order valence-electron chi connectivity index (χ1n) is 7.37. The third-order valence-electron chi connectivity index (χ3n) is 3.67. The molecule has 2 aromatic heterocycles. The molecule has 0 spiro atoms. The van der Waals surface area contributed by atoms with Crippen LogP contribution in [0.1, 0.15) is 22.2 Å². The lowest BCUT2D eigenvalue weighted by atomic mass is 10.2. The SMILES string of the molecule is COCC(NC(=O)c1nc2ccccc2[nH]c1=O)c1ccnn1C. The average molecular weight is 327 g/mol. The Bertz CT molecular complexity index is 931. The summed E-state index contributed by atoms with van der Waals surface area (Å²) in [5.41, 5.74) is 1.18. The predicted octanol–water partition coefficient (Wildman–Crippen LogP) is 0.774. The molecule has 0 radical (unpaired) electrons. The summed E-state index contributed by atoms with van der Waals surface area (Å²) in [5.74, 6) is -0.565. The molecule has 0 aliphatic rings. The van der Waals surface area contributed by atoms with Crippen molar-refractivity contribution in [3.8, 4) is 0 Å². The van der Waals surface area contributed by atoms with Crippen molar-refractivity contribution < 1.29 is 9.53 Å². The Morgan fingerprint density at radius 2 is 2.17 bits per heavy atom. The van der Waals surface area contributed by atoms with Crippen molar-refractivity contribution in [3.05, 3.63) is 58.3 Å². The van der Waals surface area contributed by atoms with Crippen molar-refractivity contribution in [3.63, 3.8) is 0 Å². The molecule has 1 atom stereocenters. The zero-order valence-corrected chi connectivity index (χ0v) is 13.3. The Balaban J connectivity index is 1.92. The van der Waals surface area contributed by atoms with Crippen LogP contribution in [0.2, 0.25) is 0 Å². The number of hydrogen-bond acceptors (Lipinski definition) is 5. The number of H-pyrrole nitrogens is 1. The number of aromatic amines is 1. The van der Waals surface area contributed by atoms with E-state index in [-0.39, 0.29) is 12.3 Å². The summed E-state index contributed by atoms with van der Waals surface area (Å²) in [6, 6.07) is 8.38. The highest BCUT2D eigenvalue weighted by Crippen LogP contribution is 2.13. The molecule has 0 fully saturated rings. The van der Waals surface area contributed by atoms with Gasteiger partial charge in [0.25, 0.3) is 11.5 Å². The van der Waals surface area contributed by atoms with Crippen LogP contribution in [0.15, 0.2) is 41.3 Å². The van der Waals surface area contributed by atoms with E-state index in [1.165, 1.54) is 7.11 Å². The van der Waals surface area contributed by atoms with Gasteiger partial charge in [0, 0.05) is 20.4 Å². The molecule has 0 aliphatic carbocycles. The Hall–Kier alpha value is -3.00. The topological polar surface area (TPSA) is 102 Å². The maximum absolute atomic E-state index is 12.5. The molecule has 124 valence electrons. The lowest BCUT2D eigenvalue weighted by Crippen LogP contribution is -2.36. The van der Waals surface area contributed by atoms with Crippen LogP contribution in [0.25, 0.3) is 11.0 Å². The second-order valence-corrected chi connectivity index (χ2v) is 5.29. The number of benzene rings is 1. The first-order chi connectivity index (χ1) is 11.6. The van der Waals surface area contributed by atoms with Gasteiger partial charge in [-0.2, -0.15) is 5.10 Å². The minimum atomic E-state index is -0.565. The molecule has 1 aromatic carbocycles. The Morgan fingerprint density at radius 1 is 1.38 bits per heavy atom. The molecule has 24 heavy (non-hydrogen) atoms. The number of rotatable bonds is 5. The van der Waals surface area contributed by atoms with E-state index in [0.717, 1.165) is 5.69 Å². The zero-order chi connectivity index (χ0) is 17.1. The number of nitrogens with zero attached hydrogens (tertiary/aromatic N) is 3. The second kappa shape index (κ2) is 6.63. The summed E-state index contributed by atoms with van der Waals surface area (Å²) in [6.07, 6.45) is 1.63. The molecule has 2 N–H and O–H groups in total. The van der Waals surface area contributed by atoms with E-state index >= 15 is 0 Å². The number of para-hydroxylation sites is 2. The molecule has 0 saturated carbocycles. The van der Waals surface area contributed by atoms with Gasteiger partial charge in [-0.25, -0.2) is 4.98 Å². The fourth-order valence-electron chi connectivity index (χ4n) is 2.50. The molecule has 0 aliphatic heterocycles. The van der Waals surface area contributed by atoms with Gasteiger partial charge >= 0.3 is 0 Å². The van der Waals surface area contributed by atoms with Crippen molar-refractivity contribution in [1.29, 1.82) is 0 Å². The molecule has 2 heterocycles. The number of amides is 1. The lowest BCUT2D eigenvalue weighted by molar-refractivity contribution is 0.0886. The van der Waals surface area contributed by atoms with E-state index in [4.69, 9.17) is 4.74 Å². The first kappa shape index (κ1) is 15.9. The van der Waals surface area contributed by atoms with Gasteiger partial charge in [-0.3, -0.25) is 14.3 Å². The largest absolute Gasteiger partial charge is 0.382 e. The van der Waals surface area contributed by atoms with Crippen LogP contribution in [0.4, 0.5) is 0 Å². The molecule has 1 unspecified atom stereocenters. The summed E-state index contributed by atoms with van der Waals surface area (Å²) >= 11 is 0. The Kier molecular flexibility index (Phi) is 4.39. The smallest absolute Gasteiger partial charge is 0.280 e. The summed E-state index contributed by atoms with van der Waals surface area (Å²) in [5, 5.41) is 6.86. The van der Waals surface area contributed by atoms with Gasteiger partial charge in [0.2, 0.25) is 0 Å². The summed E-state index contributed by atoms with van der Waals surface area (Å²) < 4.78 is 6.80. The maximum atomic E-state index is 12.5. The van der Waals surface area contributed by atoms with Gasteiger partial charge in [-0.15, -0.1) is 0 Å². The van der Waals surface area contributed by atoms with Crippen molar-refractivity contribution >= 4 is 16.9 Å². The molecule has 8 nitrogen and oxygen atoms in total. The molecule has 0 bridgehead atoms. The van der Waals surface area contributed by atoms with E-state index in [9.17, 15) is 9.59 Å². The monoisotopic (exact) mass is 327 g/mol. The number of carbonyl (C=O) groups is 1. The minimum absolute atomic E-state index is 0.183. The number of aromatic nitrogens is 4. The van der Waals surface area contributed by atoms with Crippen LogP contribution in [-0.2, 0) is 11.8 Å². The molecular formula is C16H17N5O3. The van der Waals surface area contributed by atoms with Crippen LogP contribution in [-0.4, -0.2) is 39.4 Å². The predicted molar refractivity (Wildman–Crippen MR) is 87.7 cm³/mol. The number of fused-ring (bicyclic) bond motifs is 1. The van der Waals surface area contributed by atoms with Gasteiger partial charge in [-0.1, -0.05) is 12.1 Å². The van der Waals surface area contributed by atoms with Gasteiger partial charge in [0.15, 0.2) is 5.69 Å². The highest BCUT2D eigenvalue weighted by Gasteiger charge is 2.21. The van der Waals surface area contributed by atoms with Crippen LogP contribution >= 0.6 is 0 Å². The number of nitrogens with one attached hydrogen (secondary N) is 2. The third kappa shape index (κ3) is 3.04. The fraction of sp³-hybridized carbons (Fsp3) is 0.250. The molecule has 8 heteroatoms. The van der Waals surface area contributed by atoms with Gasteiger partial charge in [-0.05, 0) is 18.2 Å². The van der Waals surface area contributed by atoms with Gasteiger partial charge < -0.3 is 15.0 Å². The van der Waals surface area contributed by atoms with E-state index in [0.29, 0.717) is 11.0 Å². The third-order valence-corrected chi connectivity index (χ3v) is 3.67. The first-order valence-corrected chi connectivity index (χ1v) is 7.37. The highest BCUT2D eigenvalue weighted by molar-refractivity contribution is 5.93. The summed E-state index contributed by atoms with van der Waals surface area (Å²) in [6.45, 7) is 0.247. The number of hydrogen-bond donors (Lipinski definition) is 2. The Labute approximate surface area is 137 Å².